The van der Waals surface area contributed by atoms with Gasteiger partial charge in [0.15, 0.2) is 0 Å². The highest BCUT2D eigenvalue weighted by Gasteiger charge is 2.00. The molecule has 0 aliphatic carbocycles. The van der Waals surface area contributed by atoms with E-state index in [2.05, 4.69) is 36.4 Å². The van der Waals surface area contributed by atoms with Crippen LogP contribution in [0.25, 0.3) is 10.8 Å². The zero-order chi connectivity index (χ0) is 14.7. The van der Waals surface area contributed by atoms with Gasteiger partial charge in [0.25, 0.3) is 0 Å². The van der Waals surface area contributed by atoms with Crippen molar-refractivity contribution in [1.29, 1.82) is 0 Å². The van der Waals surface area contributed by atoms with Crippen molar-refractivity contribution in [3.63, 3.8) is 0 Å². The van der Waals surface area contributed by atoms with E-state index >= 15 is 0 Å². The van der Waals surface area contributed by atoms with Gasteiger partial charge in [0.2, 0.25) is 0 Å². The fourth-order valence-electron chi connectivity index (χ4n) is 2.50. The normalized spacial score (nSPS) is 10.8. The van der Waals surface area contributed by atoms with Crippen molar-refractivity contribution >= 4 is 22.4 Å². The molecule has 0 N–H and O–H groups in total. The lowest BCUT2D eigenvalue weighted by atomic mass is 10.0. The van der Waals surface area contributed by atoms with Gasteiger partial charge in [0.1, 0.15) is 5.75 Å². The average Bonchev–Trinajstić information content (AvgIpc) is 2.53. The van der Waals surface area contributed by atoms with E-state index in [1.54, 1.807) is 7.11 Å². The van der Waals surface area contributed by atoms with Crippen LogP contribution in [0.1, 0.15) is 11.1 Å². The predicted molar refractivity (Wildman–Crippen MR) is 89.4 cm³/mol. The summed E-state index contributed by atoms with van der Waals surface area (Å²) in [5.41, 5.74) is 2.67. The first-order chi connectivity index (χ1) is 10.2. The van der Waals surface area contributed by atoms with E-state index in [9.17, 15) is 0 Å². The quantitative estimate of drug-likeness (QED) is 0.636. The summed E-state index contributed by atoms with van der Waals surface area (Å²) in [6.07, 6.45) is 2.06. The lowest BCUT2D eigenvalue weighted by Crippen LogP contribution is -1.92. The number of ether oxygens (including phenoxy) is 1. The Kier molecular flexibility index (Phi) is 4.12. The Morgan fingerprint density at radius 3 is 2.14 bits per heavy atom. The largest absolute Gasteiger partial charge is 0.497 e. The van der Waals surface area contributed by atoms with Crippen LogP contribution in [0.15, 0.2) is 60.7 Å². The summed E-state index contributed by atoms with van der Waals surface area (Å²) in [6, 6.07) is 20.9. The average molecular weight is 297 g/mol. The number of rotatable bonds is 4. The van der Waals surface area contributed by atoms with Crippen LogP contribution in [0.5, 0.6) is 5.75 Å². The fourth-order valence-corrected chi connectivity index (χ4v) is 2.68. The predicted octanol–water partition coefficient (Wildman–Crippen LogP) is 5.29. The number of halogens is 1. The Morgan fingerprint density at radius 2 is 1.38 bits per heavy atom. The second-order valence-electron chi connectivity index (χ2n) is 5.17. The van der Waals surface area contributed by atoms with Gasteiger partial charge in [-0.25, -0.2) is 0 Å². The van der Waals surface area contributed by atoms with Crippen molar-refractivity contribution in [3.05, 3.63) is 76.8 Å². The minimum atomic E-state index is 0.786. The summed E-state index contributed by atoms with van der Waals surface area (Å²) in [6.45, 7) is 0. The van der Waals surface area contributed by atoms with Crippen molar-refractivity contribution in [1.82, 2.24) is 0 Å². The maximum atomic E-state index is 6.01. The molecule has 0 aromatic heterocycles. The molecule has 3 aromatic rings. The van der Waals surface area contributed by atoms with E-state index in [-0.39, 0.29) is 0 Å². The summed E-state index contributed by atoms with van der Waals surface area (Å²) < 4.78 is 5.18. The molecule has 0 unspecified atom stereocenters. The summed E-state index contributed by atoms with van der Waals surface area (Å²) in [5.74, 6) is 0.904. The van der Waals surface area contributed by atoms with Crippen molar-refractivity contribution in [2.24, 2.45) is 0 Å². The van der Waals surface area contributed by atoms with E-state index in [1.807, 2.05) is 24.3 Å². The number of methoxy groups -OCH3 is 1. The molecule has 1 nitrogen and oxygen atoms in total. The summed E-state index contributed by atoms with van der Waals surface area (Å²) >= 11 is 6.01. The standard InChI is InChI=1S/C19H17ClO/c1-21-19-10-5-14(6-11-19)2-3-15-4-7-17-13-18(20)9-8-16(17)12-15/h4-13H,2-3H2,1H3. The van der Waals surface area contributed by atoms with E-state index in [4.69, 9.17) is 16.3 Å². The molecule has 0 fully saturated rings. The third kappa shape index (κ3) is 3.37. The highest BCUT2D eigenvalue weighted by molar-refractivity contribution is 6.31. The Bertz CT molecular complexity index is 747. The molecule has 3 aromatic carbocycles. The fraction of sp³-hybridized carbons (Fsp3) is 0.158. The van der Waals surface area contributed by atoms with Gasteiger partial charge in [-0.05, 0) is 59.0 Å². The zero-order valence-corrected chi connectivity index (χ0v) is 12.7. The molecule has 0 saturated heterocycles. The Balaban J connectivity index is 1.73. The van der Waals surface area contributed by atoms with Crippen molar-refractivity contribution in [2.45, 2.75) is 12.8 Å². The van der Waals surface area contributed by atoms with Crippen LogP contribution in [0, 0.1) is 0 Å². The molecule has 0 bridgehead atoms. The maximum absolute atomic E-state index is 6.01. The van der Waals surface area contributed by atoms with Crippen molar-refractivity contribution < 1.29 is 4.74 Å². The van der Waals surface area contributed by atoms with Crippen LogP contribution in [-0.4, -0.2) is 7.11 Å². The van der Waals surface area contributed by atoms with Gasteiger partial charge in [-0.2, -0.15) is 0 Å². The van der Waals surface area contributed by atoms with Gasteiger partial charge >= 0.3 is 0 Å². The summed E-state index contributed by atoms with van der Waals surface area (Å²) in [7, 11) is 1.69. The lowest BCUT2D eigenvalue weighted by Gasteiger charge is -2.06. The summed E-state index contributed by atoms with van der Waals surface area (Å²) in [4.78, 5) is 0. The van der Waals surface area contributed by atoms with Crippen LogP contribution in [-0.2, 0) is 12.8 Å². The SMILES string of the molecule is COc1ccc(CCc2ccc3cc(Cl)ccc3c2)cc1. The second-order valence-corrected chi connectivity index (χ2v) is 5.61. The molecule has 21 heavy (non-hydrogen) atoms. The van der Waals surface area contributed by atoms with Gasteiger partial charge in [-0.15, -0.1) is 0 Å². The Morgan fingerprint density at radius 1 is 0.762 bits per heavy atom. The first-order valence-electron chi connectivity index (χ1n) is 7.06. The number of aryl methyl sites for hydroxylation is 2. The molecular formula is C19H17ClO. The minimum Gasteiger partial charge on any atom is -0.497 e. The van der Waals surface area contributed by atoms with Crippen LogP contribution >= 0.6 is 11.6 Å². The smallest absolute Gasteiger partial charge is 0.118 e. The molecule has 0 saturated carbocycles. The zero-order valence-electron chi connectivity index (χ0n) is 12.0. The lowest BCUT2D eigenvalue weighted by molar-refractivity contribution is 0.414. The molecule has 0 aliphatic rings. The molecule has 0 radical (unpaired) electrons. The third-order valence-electron chi connectivity index (χ3n) is 3.73. The highest BCUT2D eigenvalue weighted by Crippen LogP contribution is 2.21. The monoisotopic (exact) mass is 296 g/mol. The topological polar surface area (TPSA) is 9.23 Å². The molecule has 0 spiro atoms. The Labute approximate surface area is 130 Å². The number of hydrogen-bond acceptors (Lipinski definition) is 1. The molecule has 0 aliphatic heterocycles. The molecule has 2 heteroatoms. The van der Waals surface area contributed by atoms with Gasteiger partial charge < -0.3 is 4.74 Å². The number of benzene rings is 3. The van der Waals surface area contributed by atoms with Gasteiger partial charge in [-0.1, -0.05) is 48.0 Å². The van der Waals surface area contributed by atoms with Crippen LogP contribution in [0.4, 0.5) is 0 Å². The maximum Gasteiger partial charge on any atom is 0.118 e. The highest BCUT2D eigenvalue weighted by atomic mass is 35.5. The molecule has 3 rings (SSSR count). The number of fused-ring (bicyclic) bond motifs is 1. The van der Waals surface area contributed by atoms with E-state index < -0.39 is 0 Å². The number of hydrogen-bond donors (Lipinski definition) is 0. The third-order valence-corrected chi connectivity index (χ3v) is 3.96. The molecule has 0 atom stereocenters. The molecule has 106 valence electrons. The first-order valence-corrected chi connectivity index (χ1v) is 7.43. The Hall–Kier alpha value is -1.99. The van der Waals surface area contributed by atoms with Crippen molar-refractivity contribution in [3.8, 4) is 5.75 Å². The van der Waals surface area contributed by atoms with Gasteiger partial charge in [0, 0.05) is 5.02 Å². The van der Waals surface area contributed by atoms with Crippen LogP contribution in [0.2, 0.25) is 5.02 Å². The van der Waals surface area contributed by atoms with Crippen molar-refractivity contribution in [2.75, 3.05) is 7.11 Å². The van der Waals surface area contributed by atoms with E-state index in [1.165, 1.54) is 21.9 Å². The summed E-state index contributed by atoms with van der Waals surface area (Å²) in [5, 5.41) is 3.22. The van der Waals surface area contributed by atoms with Crippen LogP contribution in [0.3, 0.4) is 0 Å². The van der Waals surface area contributed by atoms with Gasteiger partial charge in [0.05, 0.1) is 7.11 Å². The first kappa shape index (κ1) is 14.0. The van der Waals surface area contributed by atoms with E-state index in [0.717, 1.165) is 23.6 Å². The second kappa shape index (κ2) is 6.19. The van der Waals surface area contributed by atoms with Gasteiger partial charge in [-0.3, -0.25) is 0 Å². The van der Waals surface area contributed by atoms with E-state index in [0.29, 0.717) is 0 Å². The molecular weight excluding hydrogens is 280 g/mol. The molecule has 0 heterocycles. The van der Waals surface area contributed by atoms with Crippen LogP contribution < -0.4 is 4.74 Å². The molecule has 0 amide bonds. The minimum absolute atomic E-state index is 0.786.